The topological polar surface area (TPSA) is 114 Å². The van der Waals surface area contributed by atoms with Crippen molar-refractivity contribution in [3.63, 3.8) is 0 Å². The lowest BCUT2D eigenvalue weighted by atomic mass is 9.98. The number of benzene rings is 2. The molecule has 240 valence electrons. The van der Waals surface area contributed by atoms with E-state index in [2.05, 4.69) is 27.4 Å². The Balaban J connectivity index is 1.25. The van der Waals surface area contributed by atoms with E-state index >= 15 is 0 Å². The number of carbonyl (C=O) groups is 1. The molecule has 0 spiro atoms. The van der Waals surface area contributed by atoms with Crippen LogP contribution in [-0.4, -0.2) is 70.1 Å². The number of methoxy groups -OCH3 is 2. The molecule has 12 heteroatoms. The summed E-state index contributed by atoms with van der Waals surface area (Å²) in [6, 6.07) is 12.1. The van der Waals surface area contributed by atoms with Crippen molar-refractivity contribution in [3.05, 3.63) is 70.2 Å². The van der Waals surface area contributed by atoms with E-state index in [9.17, 15) is 4.79 Å². The number of nitrogens with zero attached hydrogens (tertiary/aromatic N) is 5. The molecule has 46 heavy (non-hydrogen) atoms. The number of halogens is 2. The Kier molecular flexibility index (Phi) is 9.98. The van der Waals surface area contributed by atoms with Crippen LogP contribution in [0.4, 0.5) is 0 Å². The van der Waals surface area contributed by atoms with E-state index in [0.29, 0.717) is 76.5 Å². The van der Waals surface area contributed by atoms with Crippen LogP contribution in [-0.2, 0) is 17.9 Å². The molecule has 0 bridgehead atoms. The second-order valence-electron chi connectivity index (χ2n) is 11.7. The van der Waals surface area contributed by atoms with E-state index in [1.54, 1.807) is 26.6 Å². The first-order chi connectivity index (χ1) is 22.4. The highest BCUT2D eigenvalue weighted by molar-refractivity contribution is 6.39. The molecule has 1 amide bonds. The van der Waals surface area contributed by atoms with E-state index in [1.807, 2.05) is 36.4 Å². The Morgan fingerprint density at radius 2 is 1.48 bits per heavy atom. The molecule has 2 saturated heterocycles. The van der Waals surface area contributed by atoms with Crippen LogP contribution in [0.2, 0.25) is 10.0 Å². The second kappa shape index (κ2) is 14.3. The maximum atomic E-state index is 11.5. The van der Waals surface area contributed by atoms with Gasteiger partial charge in [-0.05, 0) is 32.7 Å². The molecule has 0 aliphatic carbocycles. The summed E-state index contributed by atoms with van der Waals surface area (Å²) in [4.78, 5) is 32.8. The second-order valence-corrected chi connectivity index (χ2v) is 12.4. The van der Waals surface area contributed by atoms with Crippen LogP contribution in [0.3, 0.4) is 0 Å². The highest BCUT2D eigenvalue weighted by atomic mass is 35.5. The molecule has 2 N–H and O–H groups in total. The molecular formula is C34H37Cl2N7O3. The third-order valence-corrected chi connectivity index (χ3v) is 9.48. The van der Waals surface area contributed by atoms with Gasteiger partial charge in [-0.3, -0.25) is 19.7 Å². The lowest BCUT2D eigenvalue weighted by Gasteiger charge is -2.21. The standard InChI is InChI=1S/C34H37Cl2N7O3/c1-20-7-6-14-43(20)19-29-34(46-3)42-27(18-39-29)25-11-5-9-23(32(25)36)22-8-4-10-24(31(22)35)26-17-38-28(33(41-26)45-2)16-37-15-21-12-13-30(44)40-21/h4-5,8-11,17-18,20-21,37H,6-7,12-16,19H2,1-3H3,(H,40,44)/t20?,21-/m0/s1. The van der Waals surface area contributed by atoms with Crippen LogP contribution in [0, 0.1) is 0 Å². The molecule has 4 heterocycles. The summed E-state index contributed by atoms with van der Waals surface area (Å²) in [5.41, 5.74) is 5.58. The molecular weight excluding hydrogens is 625 g/mol. The Morgan fingerprint density at radius 3 is 2.02 bits per heavy atom. The van der Waals surface area contributed by atoms with Crippen molar-refractivity contribution in [2.75, 3.05) is 27.3 Å². The fourth-order valence-electron chi connectivity index (χ4n) is 6.10. The van der Waals surface area contributed by atoms with Crippen molar-refractivity contribution in [3.8, 4) is 45.4 Å². The van der Waals surface area contributed by atoms with Gasteiger partial charge in [0.05, 0.1) is 48.0 Å². The lowest BCUT2D eigenvalue weighted by molar-refractivity contribution is -0.119. The van der Waals surface area contributed by atoms with Gasteiger partial charge in [-0.15, -0.1) is 0 Å². The molecule has 4 aromatic rings. The number of ether oxygens (including phenoxy) is 2. The van der Waals surface area contributed by atoms with Gasteiger partial charge in [0.15, 0.2) is 0 Å². The monoisotopic (exact) mass is 661 g/mol. The van der Waals surface area contributed by atoms with E-state index in [1.165, 1.54) is 12.8 Å². The Morgan fingerprint density at radius 1 is 0.891 bits per heavy atom. The number of hydrogen-bond acceptors (Lipinski definition) is 9. The minimum Gasteiger partial charge on any atom is -0.480 e. The third kappa shape index (κ3) is 6.80. The van der Waals surface area contributed by atoms with Crippen LogP contribution < -0.4 is 20.1 Å². The quantitative estimate of drug-likeness (QED) is 0.201. The first kappa shape index (κ1) is 32.1. The average Bonchev–Trinajstić information content (AvgIpc) is 3.68. The maximum Gasteiger partial charge on any atom is 0.237 e. The zero-order valence-corrected chi connectivity index (χ0v) is 27.7. The van der Waals surface area contributed by atoms with E-state index in [4.69, 9.17) is 47.6 Å². The zero-order valence-electron chi connectivity index (χ0n) is 26.1. The summed E-state index contributed by atoms with van der Waals surface area (Å²) in [7, 11) is 3.18. The van der Waals surface area contributed by atoms with E-state index < -0.39 is 0 Å². The predicted molar refractivity (Wildman–Crippen MR) is 179 cm³/mol. The minimum absolute atomic E-state index is 0.0891. The molecule has 0 saturated carbocycles. The molecule has 2 aliphatic heterocycles. The largest absolute Gasteiger partial charge is 0.480 e. The van der Waals surface area contributed by atoms with Gasteiger partial charge in [-0.2, -0.15) is 0 Å². The first-order valence-corrected chi connectivity index (χ1v) is 16.2. The van der Waals surface area contributed by atoms with Gasteiger partial charge in [0.1, 0.15) is 11.4 Å². The molecule has 2 aromatic heterocycles. The maximum absolute atomic E-state index is 11.5. The summed E-state index contributed by atoms with van der Waals surface area (Å²) in [5, 5.41) is 7.28. The number of nitrogens with one attached hydrogen (secondary N) is 2. The summed E-state index contributed by atoms with van der Waals surface area (Å²) in [6.45, 7) is 5.07. The van der Waals surface area contributed by atoms with Crippen molar-refractivity contribution in [1.82, 2.24) is 35.5 Å². The van der Waals surface area contributed by atoms with Crippen LogP contribution in [0.25, 0.3) is 33.6 Å². The van der Waals surface area contributed by atoms with Crippen LogP contribution in [0.1, 0.15) is 44.0 Å². The van der Waals surface area contributed by atoms with Crippen molar-refractivity contribution in [1.29, 1.82) is 0 Å². The molecule has 2 atom stereocenters. The summed E-state index contributed by atoms with van der Waals surface area (Å²) in [5.74, 6) is 0.984. The zero-order chi connectivity index (χ0) is 32.2. The number of hydrogen-bond donors (Lipinski definition) is 2. The Hall–Kier alpha value is -3.83. The van der Waals surface area contributed by atoms with E-state index in [-0.39, 0.29) is 11.9 Å². The SMILES string of the molecule is COc1nc(-c2cccc(-c3cccc(-c4cnc(CN5CCCC5C)c(OC)n4)c3Cl)c2Cl)cnc1CNC[C@@H]1CCC(=O)N1. The van der Waals surface area contributed by atoms with Gasteiger partial charge in [0.25, 0.3) is 0 Å². The van der Waals surface area contributed by atoms with Gasteiger partial charge < -0.3 is 20.1 Å². The van der Waals surface area contributed by atoms with Crippen LogP contribution in [0.15, 0.2) is 48.8 Å². The number of rotatable bonds is 11. The average molecular weight is 663 g/mol. The summed E-state index contributed by atoms with van der Waals surface area (Å²) in [6.07, 6.45) is 7.20. The van der Waals surface area contributed by atoms with Gasteiger partial charge in [0.2, 0.25) is 17.7 Å². The molecule has 6 rings (SSSR count). The molecule has 0 radical (unpaired) electrons. The van der Waals surface area contributed by atoms with Crippen molar-refractivity contribution in [2.45, 2.75) is 57.8 Å². The highest BCUT2D eigenvalue weighted by Gasteiger charge is 2.24. The van der Waals surface area contributed by atoms with Crippen molar-refractivity contribution >= 4 is 29.1 Å². The third-order valence-electron chi connectivity index (χ3n) is 8.66. The predicted octanol–water partition coefficient (Wildman–Crippen LogP) is 5.94. The highest BCUT2D eigenvalue weighted by Crippen LogP contribution is 2.42. The van der Waals surface area contributed by atoms with Gasteiger partial charge in [-0.25, -0.2) is 9.97 Å². The van der Waals surface area contributed by atoms with Crippen LogP contribution >= 0.6 is 23.2 Å². The molecule has 1 unspecified atom stereocenters. The van der Waals surface area contributed by atoms with E-state index in [0.717, 1.165) is 35.3 Å². The molecule has 2 aromatic carbocycles. The number of carbonyl (C=O) groups excluding carboxylic acids is 1. The molecule has 2 aliphatic rings. The number of likely N-dealkylation sites (tertiary alicyclic amines) is 1. The van der Waals surface area contributed by atoms with Crippen LogP contribution in [0.5, 0.6) is 11.8 Å². The Labute approximate surface area is 278 Å². The lowest BCUT2D eigenvalue weighted by Crippen LogP contribution is -2.35. The van der Waals surface area contributed by atoms with Gasteiger partial charge in [-0.1, -0.05) is 59.6 Å². The normalized spacial score (nSPS) is 18.2. The summed E-state index contributed by atoms with van der Waals surface area (Å²) < 4.78 is 11.2. The molecule has 2 fully saturated rings. The molecule has 10 nitrogen and oxygen atoms in total. The van der Waals surface area contributed by atoms with Crippen molar-refractivity contribution in [2.24, 2.45) is 0 Å². The fourth-order valence-corrected chi connectivity index (χ4v) is 6.75. The number of aromatic nitrogens is 4. The van der Waals surface area contributed by atoms with Crippen molar-refractivity contribution < 1.29 is 14.3 Å². The Bertz CT molecular complexity index is 1740. The summed E-state index contributed by atoms with van der Waals surface area (Å²) >= 11 is 14.1. The van der Waals surface area contributed by atoms with Gasteiger partial charge >= 0.3 is 0 Å². The smallest absolute Gasteiger partial charge is 0.237 e. The fraction of sp³-hybridized carbons (Fsp3) is 0.382. The minimum atomic E-state index is 0.0891. The number of amides is 1. The van der Waals surface area contributed by atoms with Gasteiger partial charge in [0, 0.05) is 60.4 Å². The first-order valence-electron chi connectivity index (χ1n) is 15.5.